The third-order valence-electron chi connectivity index (χ3n) is 5.18. The highest BCUT2D eigenvalue weighted by molar-refractivity contribution is 7.99. The minimum Gasteiger partial charge on any atom is -0.370 e. The highest BCUT2D eigenvalue weighted by atomic mass is 32.2. The molecular weight excluding hydrogens is 373 g/mol. The zero-order valence-corrected chi connectivity index (χ0v) is 17.3. The molecule has 1 unspecified atom stereocenters. The number of anilines is 1. The van der Waals surface area contributed by atoms with Crippen molar-refractivity contribution in [2.24, 2.45) is 0 Å². The summed E-state index contributed by atoms with van der Waals surface area (Å²) in [5, 5.41) is 3.01. The summed E-state index contributed by atoms with van der Waals surface area (Å²) in [5.41, 5.74) is 3.24. The molecule has 0 spiro atoms. The van der Waals surface area contributed by atoms with E-state index in [1.54, 1.807) is 17.0 Å². The maximum absolute atomic E-state index is 13.2. The lowest BCUT2D eigenvalue weighted by Gasteiger charge is -2.29. The molecule has 2 aromatic carbocycles. The molecule has 28 heavy (non-hydrogen) atoms. The molecule has 2 amide bonds. The number of hydrogen-bond acceptors (Lipinski definition) is 3. The van der Waals surface area contributed by atoms with E-state index in [1.807, 2.05) is 25.6 Å². The first-order valence-electron chi connectivity index (χ1n) is 9.80. The van der Waals surface area contributed by atoms with Crippen molar-refractivity contribution in [3.05, 3.63) is 65.5 Å². The van der Waals surface area contributed by atoms with Gasteiger partial charge in [-0.2, -0.15) is 11.8 Å². The second-order valence-corrected chi connectivity index (χ2v) is 8.16. The van der Waals surface area contributed by atoms with Crippen molar-refractivity contribution in [3.63, 3.8) is 0 Å². The summed E-state index contributed by atoms with van der Waals surface area (Å²) >= 11 is 2.00. The van der Waals surface area contributed by atoms with Gasteiger partial charge in [0.2, 0.25) is 0 Å². The van der Waals surface area contributed by atoms with E-state index in [9.17, 15) is 9.18 Å². The standard InChI is InChI=1S/C22H28FN3OS/c1-3-26(17(2)19-6-8-20(23)9-7-19)22(27)24-16-18-4-10-21(11-5-18)25-12-14-28-15-13-25/h4-11,17H,3,12-16H2,1-2H3,(H,24,27). The lowest BCUT2D eigenvalue weighted by Crippen LogP contribution is -2.41. The van der Waals surface area contributed by atoms with Crippen LogP contribution >= 0.6 is 11.8 Å². The Balaban J connectivity index is 1.56. The van der Waals surface area contributed by atoms with Gasteiger partial charge in [-0.3, -0.25) is 0 Å². The van der Waals surface area contributed by atoms with Crippen molar-refractivity contribution in [2.75, 3.05) is 36.0 Å². The fraction of sp³-hybridized carbons (Fsp3) is 0.409. The number of urea groups is 1. The monoisotopic (exact) mass is 401 g/mol. The molecule has 0 aliphatic carbocycles. The molecule has 4 nitrogen and oxygen atoms in total. The predicted octanol–water partition coefficient (Wildman–Crippen LogP) is 4.67. The molecule has 1 aliphatic heterocycles. The Bertz CT molecular complexity index is 760. The van der Waals surface area contributed by atoms with Gasteiger partial charge in [0.25, 0.3) is 0 Å². The Hall–Kier alpha value is -2.21. The molecule has 1 aliphatic rings. The van der Waals surface area contributed by atoms with E-state index in [0.717, 1.165) is 24.2 Å². The quantitative estimate of drug-likeness (QED) is 0.764. The molecule has 150 valence electrons. The average molecular weight is 402 g/mol. The van der Waals surface area contributed by atoms with Crippen LogP contribution in [0.3, 0.4) is 0 Å². The van der Waals surface area contributed by atoms with Crippen LogP contribution < -0.4 is 10.2 Å². The molecule has 1 atom stereocenters. The molecule has 2 aromatic rings. The number of rotatable bonds is 6. The van der Waals surface area contributed by atoms with Crippen LogP contribution in [0.1, 0.15) is 31.0 Å². The lowest BCUT2D eigenvalue weighted by molar-refractivity contribution is 0.182. The summed E-state index contributed by atoms with van der Waals surface area (Å²) in [7, 11) is 0. The van der Waals surface area contributed by atoms with E-state index in [2.05, 4.69) is 34.5 Å². The van der Waals surface area contributed by atoms with Gasteiger partial charge < -0.3 is 15.1 Å². The van der Waals surface area contributed by atoms with Gasteiger partial charge in [0, 0.05) is 43.4 Å². The van der Waals surface area contributed by atoms with Crippen LogP contribution in [0.15, 0.2) is 48.5 Å². The van der Waals surface area contributed by atoms with E-state index in [1.165, 1.54) is 29.3 Å². The van der Waals surface area contributed by atoms with Crippen molar-refractivity contribution in [3.8, 4) is 0 Å². The molecule has 0 saturated carbocycles. The van der Waals surface area contributed by atoms with Crippen molar-refractivity contribution in [1.29, 1.82) is 0 Å². The van der Waals surface area contributed by atoms with E-state index < -0.39 is 0 Å². The smallest absolute Gasteiger partial charge is 0.318 e. The van der Waals surface area contributed by atoms with Gasteiger partial charge in [-0.1, -0.05) is 24.3 Å². The molecule has 1 saturated heterocycles. The van der Waals surface area contributed by atoms with Crippen molar-refractivity contribution in [1.82, 2.24) is 10.2 Å². The van der Waals surface area contributed by atoms with Gasteiger partial charge in [0.15, 0.2) is 0 Å². The lowest BCUT2D eigenvalue weighted by atomic mass is 10.1. The average Bonchev–Trinajstić information content (AvgIpc) is 2.74. The summed E-state index contributed by atoms with van der Waals surface area (Å²) in [6, 6.07) is 14.5. The van der Waals surface area contributed by atoms with E-state index >= 15 is 0 Å². The number of nitrogens with one attached hydrogen (secondary N) is 1. The molecule has 3 rings (SSSR count). The minimum absolute atomic E-state index is 0.114. The van der Waals surface area contributed by atoms with Gasteiger partial charge in [-0.05, 0) is 49.2 Å². The first-order valence-corrected chi connectivity index (χ1v) is 11.0. The summed E-state index contributed by atoms with van der Waals surface area (Å²) in [6.07, 6.45) is 0. The minimum atomic E-state index is -0.268. The molecule has 1 N–H and O–H groups in total. The van der Waals surface area contributed by atoms with Crippen molar-refractivity contribution < 1.29 is 9.18 Å². The number of hydrogen-bond donors (Lipinski definition) is 1. The maximum atomic E-state index is 13.2. The van der Waals surface area contributed by atoms with Crippen LogP contribution in [0.25, 0.3) is 0 Å². The van der Waals surface area contributed by atoms with Crippen LogP contribution in [-0.2, 0) is 6.54 Å². The SMILES string of the molecule is CCN(C(=O)NCc1ccc(N2CCSCC2)cc1)C(C)c1ccc(F)cc1. The largest absolute Gasteiger partial charge is 0.370 e. The summed E-state index contributed by atoms with van der Waals surface area (Å²) in [5.74, 6) is 2.09. The molecule has 1 heterocycles. The Morgan fingerprint density at radius 2 is 1.79 bits per heavy atom. The van der Waals surface area contributed by atoms with Crippen molar-refractivity contribution in [2.45, 2.75) is 26.4 Å². The summed E-state index contributed by atoms with van der Waals surface area (Å²) in [4.78, 5) is 16.8. The third-order valence-corrected chi connectivity index (χ3v) is 6.12. The summed E-state index contributed by atoms with van der Waals surface area (Å²) in [6.45, 7) is 7.16. The van der Waals surface area contributed by atoms with Gasteiger partial charge in [0.1, 0.15) is 5.82 Å². The number of benzene rings is 2. The molecular formula is C22H28FN3OS. The van der Waals surface area contributed by atoms with Crippen LogP contribution in [0, 0.1) is 5.82 Å². The zero-order chi connectivity index (χ0) is 19.9. The first-order chi connectivity index (χ1) is 13.6. The van der Waals surface area contributed by atoms with Crippen LogP contribution in [-0.4, -0.2) is 42.1 Å². The molecule has 1 fully saturated rings. The normalized spacial score (nSPS) is 15.2. The first kappa shape index (κ1) is 20.5. The number of nitrogens with zero attached hydrogens (tertiary/aromatic N) is 2. The molecule has 0 aromatic heterocycles. The van der Waals surface area contributed by atoms with Crippen LogP contribution in [0.2, 0.25) is 0 Å². The topological polar surface area (TPSA) is 35.6 Å². The Morgan fingerprint density at radius 3 is 2.39 bits per heavy atom. The second-order valence-electron chi connectivity index (χ2n) is 6.94. The van der Waals surface area contributed by atoms with Gasteiger partial charge in [0.05, 0.1) is 6.04 Å². The zero-order valence-electron chi connectivity index (χ0n) is 16.5. The predicted molar refractivity (Wildman–Crippen MR) is 115 cm³/mol. The molecule has 0 radical (unpaired) electrons. The maximum Gasteiger partial charge on any atom is 0.318 e. The number of carbonyl (C=O) groups is 1. The van der Waals surface area contributed by atoms with Crippen molar-refractivity contribution >= 4 is 23.5 Å². The van der Waals surface area contributed by atoms with E-state index in [-0.39, 0.29) is 17.9 Å². The Morgan fingerprint density at radius 1 is 1.14 bits per heavy atom. The fourth-order valence-electron chi connectivity index (χ4n) is 3.44. The number of halogens is 1. The summed E-state index contributed by atoms with van der Waals surface area (Å²) < 4.78 is 13.2. The van der Waals surface area contributed by atoms with Gasteiger partial charge >= 0.3 is 6.03 Å². The van der Waals surface area contributed by atoms with Crippen LogP contribution in [0.5, 0.6) is 0 Å². The molecule has 6 heteroatoms. The number of carbonyl (C=O) groups excluding carboxylic acids is 1. The van der Waals surface area contributed by atoms with Crippen LogP contribution in [0.4, 0.5) is 14.9 Å². The Labute approximate surface area is 171 Å². The number of thioether (sulfide) groups is 1. The third kappa shape index (κ3) is 5.19. The highest BCUT2D eigenvalue weighted by Gasteiger charge is 2.19. The fourth-order valence-corrected chi connectivity index (χ4v) is 4.34. The van der Waals surface area contributed by atoms with Gasteiger partial charge in [-0.25, -0.2) is 9.18 Å². The number of amides is 2. The van der Waals surface area contributed by atoms with E-state index in [0.29, 0.717) is 13.1 Å². The molecule has 0 bridgehead atoms. The highest BCUT2D eigenvalue weighted by Crippen LogP contribution is 2.21. The second kappa shape index (κ2) is 9.82. The van der Waals surface area contributed by atoms with E-state index in [4.69, 9.17) is 0 Å². The van der Waals surface area contributed by atoms with Gasteiger partial charge in [-0.15, -0.1) is 0 Å². The Kier molecular flexibility index (Phi) is 7.20.